The Kier molecular flexibility index (Phi) is 3.12. The van der Waals surface area contributed by atoms with Crippen LogP contribution in [0.4, 0.5) is 4.39 Å². The average Bonchev–Trinajstić information content (AvgIpc) is 2.71. The van der Waals surface area contributed by atoms with Gasteiger partial charge in [0.1, 0.15) is 5.67 Å². The number of rotatable bonds is 2. The molecule has 1 aliphatic heterocycles. The van der Waals surface area contributed by atoms with E-state index >= 15 is 0 Å². The van der Waals surface area contributed by atoms with E-state index in [1.807, 2.05) is 24.3 Å². The summed E-state index contributed by atoms with van der Waals surface area (Å²) in [5.74, 6) is 0. The Labute approximate surface area is 98.2 Å². The molecule has 0 amide bonds. The van der Waals surface area contributed by atoms with Crippen LogP contribution >= 0.6 is 15.9 Å². The first-order valence-corrected chi connectivity index (χ1v) is 6.08. The minimum absolute atomic E-state index is 0.0429. The summed E-state index contributed by atoms with van der Waals surface area (Å²) in [6, 6.07) is 7.44. The molecule has 15 heavy (non-hydrogen) atoms. The second kappa shape index (κ2) is 4.22. The normalized spacial score (nSPS) is 25.1. The summed E-state index contributed by atoms with van der Waals surface area (Å²) in [4.78, 5) is 0. The zero-order valence-corrected chi connectivity index (χ0v) is 10.3. The van der Waals surface area contributed by atoms with Crippen molar-refractivity contribution in [3.8, 4) is 0 Å². The lowest BCUT2D eigenvalue weighted by Gasteiger charge is -2.28. The Bertz CT molecular complexity index is 328. The van der Waals surface area contributed by atoms with E-state index in [2.05, 4.69) is 21.2 Å². The van der Waals surface area contributed by atoms with Crippen LogP contribution in [-0.2, 0) is 5.67 Å². The van der Waals surface area contributed by atoms with Crippen molar-refractivity contribution >= 4 is 15.9 Å². The zero-order valence-electron chi connectivity index (χ0n) is 8.76. The second-order valence-corrected chi connectivity index (χ2v) is 5.15. The van der Waals surface area contributed by atoms with Gasteiger partial charge in [-0.1, -0.05) is 28.1 Å². The Balaban J connectivity index is 2.23. The third-order valence-corrected chi connectivity index (χ3v) is 3.65. The van der Waals surface area contributed by atoms with Gasteiger partial charge in [-0.2, -0.15) is 0 Å². The molecule has 0 aromatic heterocycles. The molecule has 0 saturated carbocycles. The monoisotopic (exact) mass is 271 g/mol. The van der Waals surface area contributed by atoms with Gasteiger partial charge in [0.25, 0.3) is 0 Å². The van der Waals surface area contributed by atoms with E-state index in [-0.39, 0.29) is 6.04 Å². The Morgan fingerprint density at radius 2 is 2.07 bits per heavy atom. The molecule has 1 saturated heterocycles. The molecule has 82 valence electrons. The number of nitrogens with one attached hydrogen (secondary N) is 1. The summed E-state index contributed by atoms with van der Waals surface area (Å²) in [7, 11) is 0. The maximum atomic E-state index is 14.6. The minimum atomic E-state index is -1.27. The molecule has 2 atom stereocenters. The molecule has 3 heteroatoms. The van der Waals surface area contributed by atoms with E-state index in [0.717, 1.165) is 29.4 Å². The standard InChI is InChI=1S/C12H15BrFN/c1-12(14,11-3-2-8-15-11)9-4-6-10(13)7-5-9/h4-7,11,15H,2-3,8H2,1H3. The van der Waals surface area contributed by atoms with Gasteiger partial charge in [0.15, 0.2) is 0 Å². The topological polar surface area (TPSA) is 12.0 Å². The summed E-state index contributed by atoms with van der Waals surface area (Å²) < 4.78 is 15.6. The molecular weight excluding hydrogens is 257 g/mol. The highest BCUT2D eigenvalue weighted by molar-refractivity contribution is 9.10. The molecule has 1 nitrogen and oxygen atoms in total. The maximum Gasteiger partial charge on any atom is 0.148 e. The molecule has 1 aromatic rings. The fourth-order valence-electron chi connectivity index (χ4n) is 2.12. The molecule has 0 aliphatic carbocycles. The first kappa shape index (κ1) is 11.1. The van der Waals surface area contributed by atoms with Gasteiger partial charge in [0, 0.05) is 10.5 Å². The SMILES string of the molecule is CC(F)(c1ccc(Br)cc1)C1CCCN1. The van der Waals surface area contributed by atoms with E-state index in [4.69, 9.17) is 0 Å². The van der Waals surface area contributed by atoms with Gasteiger partial charge in [-0.3, -0.25) is 0 Å². The van der Waals surface area contributed by atoms with Gasteiger partial charge in [-0.25, -0.2) is 4.39 Å². The van der Waals surface area contributed by atoms with Crippen molar-refractivity contribution in [3.63, 3.8) is 0 Å². The summed E-state index contributed by atoms with van der Waals surface area (Å²) in [5, 5.41) is 3.22. The van der Waals surface area contributed by atoms with Crippen molar-refractivity contribution in [2.24, 2.45) is 0 Å². The Hall–Kier alpha value is -0.410. The van der Waals surface area contributed by atoms with Crippen LogP contribution in [0.3, 0.4) is 0 Å². The number of hydrogen-bond acceptors (Lipinski definition) is 1. The third kappa shape index (κ3) is 2.23. The third-order valence-electron chi connectivity index (χ3n) is 3.12. The van der Waals surface area contributed by atoms with E-state index in [1.165, 1.54) is 0 Å². The Morgan fingerprint density at radius 1 is 1.40 bits per heavy atom. The van der Waals surface area contributed by atoms with Crippen LogP contribution in [0.15, 0.2) is 28.7 Å². The number of alkyl halides is 1. The molecule has 2 unspecified atom stereocenters. The van der Waals surface area contributed by atoms with Gasteiger partial charge in [-0.15, -0.1) is 0 Å². The highest BCUT2D eigenvalue weighted by atomic mass is 79.9. The summed E-state index contributed by atoms with van der Waals surface area (Å²) in [6.07, 6.45) is 1.99. The van der Waals surface area contributed by atoms with E-state index < -0.39 is 5.67 Å². The van der Waals surface area contributed by atoms with Gasteiger partial charge in [-0.05, 0) is 44.0 Å². The zero-order chi connectivity index (χ0) is 10.9. The highest BCUT2D eigenvalue weighted by Crippen LogP contribution is 2.33. The van der Waals surface area contributed by atoms with Crippen LogP contribution in [0, 0.1) is 0 Å². The molecule has 1 aliphatic rings. The molecule has 1 aromatic carbocycles. The lowest BCUT2D eigenvalue weighted by atomic mass is 9.89. The van der Waals surface area contributed by atoms with Gasteiger partial charge in [0.05, 0.1) is 0 Å². The van der Waals surface area contributed by atoms with Crippen LogP contribution in [-0.4, -0.2) is 12.6 Å². The van der Waals surface area contributed by atoms with E-state index in [9.17, 15) is 4.39 Å². The lowest BCUT2D eigenvalue weighted by Crippen LogP contribution is -2.39. The number of benzene rings is 1. The molecule has 1 N–H and O–H groups in total. The fraction of sp³-hybridized carbons (Fsp3) is 0.500. The predicted molar refractivity (Wildman–Crippen MR) is 63.6 cm³/mol. The van der Waals surface area contributed by atoms with Crippen molar-refractivity contribution in [3.05, 3.63) is 34.3 Å². The van der Waals surface area contributed by atoms with Crippen LogP contribution in [0.1, 0.15) is 25.3 Å². The lowest BCUT2D eigenvalue weighted by molar-refractivity contribution is 0.137. The highest BCUT2D eigenvalue weighted by Gasteiger charge is 2.37. The van der Waals surface area contributed by atoms with Crippen LogP contribution in [0.25, 0.3) is 0 Å². The molecule has 1 fully saturated rings. The quantitative estimate of drug-likeness (QED) is 0.870. The molecule has 2 rings (SSSR count). The van der Waals surface area contributed by atoms with Gasteiger partial charge >= 0.3 is 0 Å². The summed E-state index contributed by atoms with van der Waals surface area (Å²) >= 11 is 3.36. The van der Waals surface area contributed by atoms with Crippen LogP contribution < -0.4 is 5.32 Å². The first-order chi connectivity index (χ1) is 7.10. The van der Waals surface area contributed by atoms with E-state index in [1.54, 1.807) is 6.92 Å². The number of halogens is 2. The van der Waals surface area contributed by atoms with Gasteiger partial charge in [0.2, 0.25) is 0 Å². The number of hydrogen-bond donors (Lipinski definition) is 1. The Morgan fingerprint density at radius 3 is 2.60 bits per heavy atom. The summed E-state index contributed by atoms with van der Waals surface area (Å²) in [5.41, 5.74) is -0.512. The largest absolute Gasteiger partial charge is 0.311 e. The smallest absolute Gasteiger partial charge is 0.148 e. The van der Waals surface area contributed by atoms with Crippen molar-refractivity contribution < 1.29 is 4.39 Å². The van der Waals surface area contributed by atoms with Gasteiger partial charge < -0.3 is 5.32 Å². The van der Waals surface area contributed by atoms with Crippen LogP contribution in [0.5, 0.6) is 0 Å². The predicted octanol–water partition coefficient (Wildman–Crippen LogP) is 3.39. The first-order valence-electron chi connectivity index (χ1n) is 5.29. The van der Waals surface area contributed by atoms with Crippen molar-refractivity contribution in [2.75, 3.05) is 6.54 Å². The van der Waals surface area contributed by atoms with Crippen molar-refractivity contribution in [1.82, 2.24) is 5.32 Å². The fourth-order valence-corrected chi connectivity index (χ4v) is 2.39. The van der Waals surface area contributed by atoms with Crippen molar-refractivity contribution in [1.29, 1.82) is 0 Å². The average molecular weight is 272 g/mol. The molecule has 0 bridgehead atoms. The van der Waals surface area contributed by atoms with Crippen molar-refractivity contribution in [2.45, 2.75) is 31.5 Å². The molecule has 1 heterocycles. The maximum absolute atomic E-state index is 14.6. The molecular formula is C12H15BrFN. The van der Waals surface area contributed by atoms with Crippen LogP contribution in [0.2, 0.25) is 0 Å². The molecule has 0 radical (unpaired) electrons. The van der Waals surface area contributed by atoms with E-state index in [0.29, 0.717) is 0 Å². The summed E-state index contributed by atoms with van der Waals surface area (Å²) in [6.45, 7) is 2.60. The molecule has 0 spiro atoms. The second-order valence-electron chi connectivity index (χ2n) is 4.23. The minimum Gasteiger partial charge on any atom is -0.311 e.